The fraction of sp³-hybridized carbons (Fsp3) is 0.182. The monoisotopic (exact) mass is 421 g/mol. The first-order valence-electron chi connectivity index (χ1n) is 9.39. The molecule has 7 nitrogen and oxygen atoms in total. The predicted molar refractivity (Wildman–Crippen MR) is 115 cm³/mol. The van der Waals surface area contributed by atoms with Crippen molar-refractivity contribution in [3.05, 3.63) is 76.6 Å². The topological polar surface area (TPSA) is 83.3 Å². The molecule has 0 bridgehead atoms. The van der Waals surface area contributed by atoms with Crippen LogP contribution in [0.5, 0.6) is 5.75 Å². The maximum absolute atomic E-state index is 12.7. The van der Waals surface area contributed by atoms with Crippen LogP contribution < -0.4 is 10.3 Å². The molecule has 0 aliphatic heterocycles. The third-order valence-corrected chi connectivity index (χ3v) is 5.61. The minimum absolute atomic E-state index is 0.152. The first-order chi connectivity index (χ1) is 14.7. The van der Waals surface area contributed by atoms with Gasteiger partial charge in [0.05, 0.1) is 24.7 Å². The maximum Gasteiger partial charge on any atom is 0.337 e. The van der Waals surface area contributed by atoms with Crippen molar-refractivity contribution in [3.63, 3.8) is 0 Å². The van der Waals surface area contributed by atoms with Gasteiger partial charge < -0.3 is 9.47 Å². The quantitative estimate of drug-likeness (QED) is 0.334. The molecule has 8 heteroatoms. The summed E-state index contributed by atoms with van der Waals surface area (Å²) in [6, 6.07) is 18.5. The van der Waals surface area contributed by atoms with Crippen LogP contribution in [0.25, 0.3) is 20.7 Å². The number of hydrogen-bond donors (Lipinski definition) is 0. The predicted octanol–water partition coefficient (Wildman–Crippen LogP) is 3.78. The normalized spacial score (nSPS) is 10.8. The summed E-state index contributed by atoms with van der Waals surface area (Å²) in [5.74, 6) is 0.251. The van der Waals surface area contributed by atoms with Gasteiger partial charge in [-0.25, -0.2) is 9.48 Å². The largest absolute Gasteiger partial charge is 0.494 e. The summed E-state index contributed by atoms with van der Waals surface area (Å²) in [7, 11) is 1.34. The molecule has 152 valence electrons. The van der Waals surface area contributed by atoms with Gasteiger partial charge in [-0.3, -0.25) is 4.79 Å². The highest BCUT2D eigenvalue weighted by Gasteiger charge is 2.11. The lowest BCUT2D eigenvalue weighted by atomic mass is 10.2. The molecule has 2 heterocycles. The summed E-state index contributed by atoms with van der Waals surface area (Å²) in [4.78, 5) is 25.8. The second kappa shape index (κ2) is 8.87. The van der Waals surface area contributed by atoms with Crippen molar-refractivity contribution in [3.8, 4) is 16.2 Å². The molecule has 4 aromatic rings. The highest BCUT2D eigenvalue weighted by Crippen LogP contribution is 2.30. The summed E-state index contributed by atoms with van der Waals surface area (Å²) in [6.07, 6.45) is 0.592. The van der Waals surface area contributed by atoms with E-state index >= 15 is 0 Å². The molecular weight excluding hydrogens is 402 g/mol. The maximum atomic E-state index is 12.7. The Morgan fingerprint density at radius 3 is 2.60 bits per heavy atom. The van der Waals surface area contributed by atoms with Crippen molar-refractivity contribution >= 4 is 27.5 Å². The number of fused-ring (bicyclic) bond motifs is 1. The second-order valence-electron chi connectivity index (χ2n) is 6.53. The van der Waals surface area contributed by atoms with Gasteiger partial charge in [0, 0.05) is 17.8 Å². The van der Waals surface area contributed by atoms with Crippen molar-refractivity contribution in [2.75, 3.05) is 13.7 Å². The number of esters is 1. The Labute approximate surface area is 176 Å². The Bertz CT molecular complexity index is 1220. The minimum atomic E-state index is -0.390. The van der Waals surface area contributed by atoms with Crippen LogP contribution in [0, 0.1) is 0 Å². The molecule has 0 amide bonds. The average molecular weight is 421 g/mol. The second-order valence-corrected chi connectivity index (χ2v) is 7.56. The van der Waals surface area contributed by atoms with Crippen molar-refractivity contribution in [2.24, 2.45) is 0 Å². The van der Waals surface area contributed by atoms with Gasteiger partial charge in [0.2, 0.25) is 0 Å². The van der Waals surface area contributed by atoms with E-state index in [-0.39, 0.29) is 5.56 Å². The number of nitrogens with zero attached hydrogens (tertiary/aromatic N) is 3. The molecule has 0 N–H and O–H groups in total. The van der Waals surface area contributed by atoms with Crippen LogP contribution in [-0.2, 0) is 11.3 Å². The van der Waals surface area contributed by atoms with Gasteiger partial charge in [0.15, 0.2) is 4.83 Å². The summed E-state index contributed by atoms with van der Waals surface area (Å²) in [6.45, 7) is 0.807. The molecule has 0 saturated carbocycles. The molecule has 30 heavy (non-hydrogen) atoms. The van der Waals surface area contributed by atoms with Crippen LogP contribution >= 0.6 is 11.3 Å². The standard InChI is InChI=1S/C22H19N3O4S/c1-28-22(27)16-8-10-17(11-9-16)29-13-5-12-25-21(26)18-14-19(30-20(18)23-24-25)15-6-3-2-4-7-15/h2-4,6-11,14H,5,12-13H2,1H3. The summed E-state index contributed by atoms with van der Waals surface area (Å²) < 4.78 is 11.7. The number of aromatic nitrogens is 3. The molecule has 0 saturated heterocycles. The van der Waals surface area contributed by atoms with Crippen LogP contribution in [0.2, 0.25) is 0 Å². The zero-order valence-corrected chi connectivity index (χ0v) is 17.1. The zero-order valence-electron chi connectivity index (χ0n) is 16.3. The molecule has 0 aliphatic carbocycles. The molecule has 0 aliphatic rings. The lowest BCUT2D eigenvalue weighted by Gasteiger charge is -2.07. The average Bonchev–Trinajstić information content (AvgIpc) is 3.24. The van der Waals surface area contributed by atoms with Crippen molar-refractivity contribution in [1.82, 2.24) is 15.0 Å². The number of carbonyl (C=O) groups excluding carboxylic acids is 1. The van der Waals surface area contributed by atoms with E-state index in [0.717, 1.165) is 10.4 Å². The van der Waals surface area contributed by atoms with E-state index in [2.05, 4.69) is 15.0 Å². The molecule has 0 atom stereocenters. The smallest absolute Gasteiger partial charge is 0.337 e. The highest BCUT2D eigenvalue weighted by atomic mass is 32.1. The molecule has 0 unspecified atom stereocenters. The van der Waals surface area contributed by atoms with Gasteiger partial charge in [-0.15, -0.1) is 16.4 Å². The SMILES string of the molecule is COC(=O)c1ccc(OCCCn2nnc3sc(-c4ccccc4)cc3c2=O)cc1. The fourth-order valence-corrected chi connectivity index (χ4v) is 3.96. The number of methoxy groups -OCH3 is 1. The van der Waals surface area contributed by atoms with E-state index in [1.54, 1.807) is 24.3 Å². The number of thiophene rings is 1. The van der Waals surface area contributed by atoms with Gasteiger partial charge >= 0.3 is 5.97 Å². The van der Waals surface area contributed by atoms with Crippen molar-refractivity contribution in [1.29, 1.82) is 0 Å². The Balaban J connectivity index is 1.39. The molecular formula is C22H19N3O4S. The van der Waals surface area contributed by atoms with Gasteiger partial charge in [-0.05, 0) is 35.9 Å². The van der Waals surface area contributed by atoms with Crippen LogP contribution in [0.1, 0.15) is 16.8 Å². The highest BCUT2D eigenvalue weighted by molar-refractivity contribution is 7.21. The van der Waals surface area contributed by atoms with Gasteiger partial charge in [-0.1, -0.05) is 35.5 Å². The Kier molecular flexibility index (Phi) is 5.85. The van der Waals surface area contributed by atoms with Gasteiger partial charge in [0.25, 0.3) is 5.56 Å². The third kappa shape index (κ3) is 4.23. The van der Waals surface area contributed by atoms with Gasteiger partial charge in [0.1, 0.15) is 5.75 Å². The molecule has 4 rings (SSSR count). The Hall–Kier alpha value is -3.52. The first kappa shape index (κ1) is 19.8. The minimum Gasteiger partial charge on any atom is -0.494 e. The van der Waals surface area contributed by atoms with Crippen molar-refractivity contribution in [2.45, 2.75) is 13.0 Å². The van der Waals surface area contributed by atoms with Crippen LogP contribution in [0.15, 0.2) is 65.5 Å². The van der Waals surface area contributed by atoms with E-state index in [1.165, 1.54) is 23.1 Å². The number of carbonyl (C=O) groups is 1. The van der Waals surface area contributed by atoms with Crippen LogP contribution in [0.4, 0.5) is 0 Å². The van der Waals surface area contributed by atoms with E-state index in [9.17, 15) is 9.59 Å². The van der Waals surface area contributed by atoms with E-state index in [4.69, 9.17) is 4.74 Å². The number of hydrogen-bond acceptors (Lipinski definition) is 7. The number of rotatable bonds is 7. The van der Waals surface area contributed by atoms with E-state index in [0.29, 0.717) is 41.1 Å². The molecule has 0 radical (unpaired) electrons. The first-order valence-corrected chi connectivity index (χ1v) is 10.2. The molecule has 2 aromatic carbocycles. The lowest BCUT2D eigenvalue weighted by molar-refractivity contribution is 0.0600. The molecule has 0 spiro atoms. The third-order valence-electron chi connectivity index (χ3n) is 4.54. The van der Waals surface area contributed by atoms with Crippen molar-refractivity contribution < 1.29 is 14.3 Å². The van der Waals surface area contributed by atoms with Gasteiger partial charge in [-0.2, -0.15) is 0 Å². The number of aryl methyl sites for hydroxylation is 1. The van der Waals surface area contributed by atoms with Crippen LogP contribution in [-0.4, -0.2) is 34.7 Å². The van der Waals surface area contributed by atoms with E-state index in [1.807, 2.05) is 36.4 Å². The number of benzene rings is 2. The van der Waals surface area contributed by atoms with E-state index < -0.39 is 5.97 Å². The fourth-order valence-electron chi connectivity index (χ4n) is 2.98. The molecule has 0 fully saturated rings. The Morgan fingerprint density at radius 2 is 1.87 bits per heavy atom. The summed E-state index contributed by atoms with van der Waals surface area (Å²) >= 11 is 1.46. The number of ether oxygens (including phenoxy) is 2. The zero-order chi connectivity index (χ0) is 20.9. The van der Waals surface area contributed by atoms with Crippen LogP contribution in [0.3, 0.4) is 0 Å². The summed E-state index contributed by atoms with van der Waals surface area (Å²) in [5.41, 5.74) is 1.37. The summed E-state index contributed by atoms with van der Waals surface area (Å²) in [5, 5.41) is 8.84. The lowest BCUT2D eigenvalue weighted by Crippen LogP contribution is -2.24. The Morgan fingerprint density at radius 1 is 1.10 bits per heavy atom. The molecule has 2 aromatic heterocycles.